The second kappa shape index (κ2) is 5.08. The summed E-state index contributed by atoms with van der Waals surface area (Å²) in [5.41, 5.74) is 0.315. The fourth-order valence-corrected chi connectivity index (χ4v) is 3.43. The highest BCUT2D eigenvalue weighted by molar-refractivity contribution is 4.94. The number of hydrogen-bond donors (Lipinski definition) is 1. The molecular weight excluding hydrogens is 228 g/mol. The van der Waals surface area contributed by atoms with Crippen LogP contribution in [-0.4, -0.2) is 57.1 Å². The number of nitrogens with zero attached hydrogens (tertiary/aromatic N) is 1. The molecule has 0 aromatic heterocycles. The lowest BCUT2D eigenvalue weighted by molar-refractivity contribution is -0.170. The van der Waals surface area contributed by atoms with Gasteiger partial charge in [0.05, 0.1) is 6.61 Å². The van der Waals surface area contributed by atoms with Crippen LogP contribution in [0, 0.1) is 5.41 Å². The van der Waals surface area contributed by atoms with Crippen molar-refractivity contribution in [2.24, 2.45) is 5.41 Å². The first-order valence-electron chi connectivity index (χ1n) is 7.37. The minimum Gasteiger partial charge on any atom is -0.381 e. The molecule has 104 valence electrons. The number of hydrogen-bond acceptors (Lipinski definition) is 4. The van der Waals surface area contributed by atoms with Crippen LogP contribution < -0.4 is 5.32 Å². The first-order chi connectivity index (χ1) is 8.72. The number of rotatable bonds is 0. The molecule has 0 aromatic carbocycles. The molecule has 0 bridgehead atoms. The monoisotopic (exact) mass is 254 g/mol. The Morgan fingerprint density at radius 3 is 2.61 bits per heavy atom. The van der Waals surface area contributed by atoms with E-state index in [4.69, 9.17) is 9.47 Å². The molecule has 3 saturated heterocycles. The fraction of sp³-hybridized carbons (Fsp3) is 1.00. The van der Waals surface area contributed by atoms with Crippen LogP contribution in [0.15, 0.2) is 0 Å². The lowest BCUT2D eigenvalue weighted by atomic mass is 9.79. The Morgan fingerprint density at radius 1 is 1.06 bits per heavy atom. The molecule has 3 rings (SSSR count). The zero-order valence-electron chi connectivity index (χ0n) is 11.5. The predicted octanol–water partition coefficient (Wildman–Crippen LogP) is 1.21. The molecule has 4 heteroatoms. The van der Waals surface area contributed by atoms with E-state index in [1.54, 1.807) is 0 Å². The number of nitrogens with one attached hydrogen (secondary N) is 1. The summed E-state index contributed by atoms with van der Waals surface area (Å²) in [5.74, 6) is 0. The van der Waals surface area contributed by atoms with Gasteiger partial charge in [-0.1, -0.05) is 0 Å². The summed E-state index contributed by atoms with van der Waals surface area (Å²) < 4.78 is 11.8. The predicted molar refractivity (Wildman–Crippen MR) is 70.5 cm³/mol. The number of likely N-dealkylation sites (tertiary alicyclic amines) is 1. The Balaban J connectivity index is 1.61. The molecule has 3 aliphatic heterocycles. The molecule has 1 atom stereocenters. The maximum atomic E-state index is 6.33. The third kappa shape index (κ3) is 2.57. The molecule has 18 heavy (non-hydrogen) atoms. The van der Waals surface area contributed by atoms with E-state index in [2.05, 4.69) is 17.3 Å². The zero-order chi connectivity index (χ0) is 12.5. The minimum absolute atomic E-state index is 0.0334. The molecule has 0 amide bonds. The van der Waals surface area contributed by atoms with Gasteiger partial charge < -0.3 is 14.4 Å². The van der Waals surface area contributed by atoms with E-state index in [0.717, 1.165) is 58.6 Å². The van der Waals surface area contributed by atoms with Crippen LogP contribution in [0.25, 0.3) is 0 Å². The molecule has 0 radical (unpaired) electrons. The first kappa shape index (κ1) is 12.9. The van der Waals surface area contributed by atoms with Gasteiger partial charge in [-0.2, -0.15) is 0 Å². The topological polar surface area (TPSA) is 33.7 Å². The highest BCUT2D eigenvalue weighted by Gasteiger charge is 2.44. The van der Waals surface area contributed by atoms with Crippen LogP contribution in [0.1, 0.15) is 32.1 Å². The standard InChI is InChI=1S/C14H26N2O2/c1-16-7-2-3-14(4-8-16)15-11-13(12-18-14)5-9-17-10-6-13/h15H,2-12H2,1H3. The summed E-state index contributed by atoms with van der Waals surface area (Å²) in [6.07, 6.45) is 5.81. The van der Waals surface area contributed by atoms with Crippen molar-refractivity contribution in [2.45, 2.75) is 37.8 Å². The smallest absolute Gasteiger partial charge is 0.120 e. The van der Waals surface area contributed by atoms with Crippen molar-refractivity contribution >= 4 is 0 Å². The maximum Gasteiger partial charge on any atom is 0.120 e. The Labute approximate surface area is 110 Å². The van der Waals surface area contributed by atoms with Crippen molar-refractivity contribution in [1.29, 1.82) is 0 Å². The van der Waals surface area contributed by atoms with Crippen molar-refractivity contribution in [3.05, 3.63) is 0 Å². The van der Waals surface area contributed by atoms with Crippen LogP contribution in [0.2, 0.25) is 0 Å². The Morgan fingerprint density at radius 2 is 1.89 bits per heavy atom. The molecule has 2 spiro atoms. The first-order valence-corrected chi connectivity index (χ1v) is 7.37. The fourth-order valence-electron chi connectivity index (χ4n) is 3.43. The Hall–Kier alpha value is -0.160. The third-order valence-corrected chi connectivity index (χ3v) is 5.01. The van der Waals surface area contributed by atoms with Gasteiger partial charge >= 0.3 is 0 Å². The van der Waals surface area contributed by atoms with Gasteiger partial charge in [-0.3, -0.25) is 5.32 Å². The second-order valence-corrected chi connectivity index (χ2v) is 6.41. The maximum absolute atomic E-state index is 6.33. The van der Waals surface area contributed by atoms with Crippen molar-refractivity contribution in [3.63, 3.8) is 0 Å². The van der Waals surface area contributed by atoms with E-state index in [1.165, 1.54) is 13.0 Å². The molecule has 3 fully saturated rings. The lowest BCUT2D eigenvalue weighted by Crippen LogP contribution is -2.60. The summed E-state index contributed by atoms with van der Waals surface area (Å²) in [6, 6.07) is 0. The van der Waals surface area contributed by atoms with Crippen LogP contribution in [0.3, 0.4) is 0 Å². The minimum atomic E-state index is -0.0334. The van der Waals surface area contributed by atoms with Crippen molar-refractivity contribution in [3.8, 4) is 0 Å². The van der Waals surface area contributed by atoms with E-state index >= 15 is 0 Å². The molecule has 0 aromatic rings. The Bertz CT molecular complexity index is 280. The SMILES string of the molecule is CN1CCCC2(CC1)NCC1(CCOCC1)CO2. The highest BCUT2D eigenvalue weighted by Crippen LogP contribution is 2.37. The lowest BCUT2D eigenvalue weighted by Gasteiger charge is -2.48. The van der Waals surface area contributed by atoms with E-state index < -0.39 is 0 Å². The zero-order valence-corrected chi connectivity index (χ0v) is 11.5. The van der Waals surface area contributed by atoms with Crippen LogP contribution >= 0.6 is 0 Å². The van der Waals surface area contributed by atoms with Crippen molar-refractivity contribution in [1.82, 2.24) is 10.2 Å². The molecule has 3 heterocycles. The van der Waals surface area contributed by atoms with Crippen LogP contribution in [0.5, 0.6) is 0 Å². The van der Waals surface area contributed by atoms with E-state index in [-0.39, 0.29) is 5.72 Å². The second-order valence-electron chi connectivity index (χ2n) is 6.41. The summed E-state index contributed by atoms with van der Waals surface area (Å²) in [6.45, 7) is 6.18. The highest BCUT2D eigenvalue weighted by atomic mass is 16.5. The van der Waals surface area contributed by atoms with Crippen LogP contribution in [-0.2, 0) is 9.47 Å². The van der Waals surface area contributed by atoms with Gasteiger partial charge in [0.2, 0.25) is 0 Å². The van der Waals surface area contributed by atoms with Gasteiger partial charge in [-0.25, -0.2) is 0 Å². The average molecular weight is 254 g/mol. The summed E-state index contributed by atoms with van der Waals surface area (Å²) in [7, 11) is 2.21. The third-order valence-electron chi connectivity index (χ3n) is 5.01. The molecule has 0 saturated carbocycles. The van der Waals surface area contributed by atoms with Gasteiger partial charge in [0.25, 0.3) is 0 Å². The Kier molecular flexibility index (Phi) is 3.63. The molecular formula is C14H26N2O2. The van der Waals surface area contributed by atoms with Gasteiger partial charge in [-0.05, 0) is 39.3 Å². The molecule has 3 aliphatic rings. The quantitative estimate of drug-likeness (QED) is 0.704. The molecule has 4 nitrogen and oxygen atoms in total. The average Bonchev–Trinajstić information content (AvgIpc) is 2.58. The van der Waals surface area contributed by atoms with Gasteiger partial charge in [0, 0.05) is 38.1 Å². The molecule has 1 N–H and O–H groups in total. The van der Waals surface area contributed by atoms with E-state index in [1.807, 2.05) is 0 Å². The summed E-state index contributed by atoms with van der Waals surface area (Å²) in [5, 5.41) is 3.75. The molecule has 1 unspecified atom stereocenters. The van der Waals surface area contributed by atoms with Crippen molar-refractivity contribution in [2.75, 3.05) is 46.5 Å². The summed E-state index contributed by atoms with van der Waals surface area (Å²) >= 11 is 0. The van der Waals surface area contributed by atoms with Gasteiger partial charge in [0.1, 0.15) is 5.72 Å². The number of ether oxygens (including phenoxy) is 2. The normalized spacial score (nSPS) is 37.8. The van der Waals surface area contributed by atoms with E-state index in [0.29, 0.717) is 5.41 Å². The molecule has 0 aliphatic carbocycles. The summed E-state index contributed by atoms with van der Waals surface area (Å²) in [4.78, 5) is 2.42. The largest absolute Gasteiger partial charge is 0.381 e. The van der Waals surface area contributed by atoms with E-state index in [9.17, 15) is 0 Å². The van der Waals surface area contributed by atoms with Crippen molar-refractivity contribution < 1.29 is 9.47 Å². The van der Waals surface area contributed by atoms with Crippen LogP contribution in [0.4, 0.5) is 0 Å². The van der Waals surface area contributed by atoms with Gasteiger partial charge in [0.15, 0.2) is 0 Å². The van der Waals surface area contributed by atoms with Gasteiger partial charge in [-0.15, -0.1) is 0 Å².